The maximum atomic E-state index is 5.82. The number of nitrogens with zero attached hydrogens (tertiary/aromatic N) is 2. The zero-order valence-electron chi connectivity index (χ0n) is 12.2. The predicted octanol–water partition coefficient (Wildman–Crippen LogP) is 1.87. The van der Waals surface area contributed by atoms with E-state index < -0.39 is 0 Å². The number of ether oxygens (including phenoxy) is 2. The highest BCUT2D eigenvalue weighted by molar-refractivity contribution is 5.36. The summed E-state index contributed by atoms with van der Waals surface area (Å²) in [6, 6.07) is 0. The number of aryl methyl sites for hydroxylation is 1. The predicted molar refractivity (Wildman–Crippen MR) is 75.3 cm³/mol. The Morgan fingerprint density at radius 2 is 1.74 bits per heavy atom. The Labute approximate surface area is 115 Å². The minimum absolute atomic E-state index is 0.427. The fraction of sp³-hybridized carbons (Fsp3) is 0.714. The van der Waals surface area contributed by atoms with Gasteiger partial charge in [0.1, 0.15) is 6.61 Å². The second kappa shape index (κ2) is 8.82. The number of aromatic nitrogens is 2. The molecule has 0 amide bonds. The summed E-state index contributed by atoms with van der Waals surface area (Å²) in [6.07, 6.45) is 2.77. The monoisotopic (exact) mass is 267 g/mol. The van der Waals surface area contributed by atoms with Gasteiger partial charge in [0.2, 0.25) is 5.88 Å². The van der Waals surface area contributed by atoms with Gasteiger partial charge in [0.25, 0.3) is 0 Å². The Hall–Kier alpha value is -1.20. The molecule has 0 saturated carbocycles. The third-order valence-electron chi connectivity index (χ3n) is 2.94. The third kappa shape index (κ3) is 4.44. The zero-order valence-corrected chi connectivity index (χ0v) is 12.2. The first-order valence-corrected chi connectivity index (χ1v) is 7.06. The summed E-state index contributed by atoms with van der Waals surface area (Å²) in [6.45, 7) is 8.49. The van der Waals surface area contributed by atoms with Crippen molar-refractivity contribution >= 4 is 0 Å². The molecular formula is C14H25N3O2. The van der Waals surface area contributed by atoms with E-state index in [-0.39, 0.29) is 0 Å². The van der Waals surface area contributed by atoms with Gasteiger partial charge < -0.3 is 15.2 Å². The highest BCUT2D eigenvalue weighted by Crippen LogP contribution is 2.22. The Morgan fingerprint density at radius 1 is 0.947 bits per heavy atom. The third-order valence-corrected chi connectivity index (χ3v) is 2.94. The summed E-state index contributed by atoms with van der Waals surface area (Å²) in [5.74, 6) is 0.552. The Morgan fingerprint density at radius 3 is 2.32 bits per heavy atom. The van der Waals surface area contributed by atoms with Crippen LogP contribution in [-0.4, -0.2) is 30.0 Å². The molecule has 0 atom stereocenters. The molecule has 0 aliphatic rings. The average Bonchev–Trinajstić information content (AvgIpc) is 2.45. The van der Waals surface area contributed by atoms with E-state index in [2.05, 4.69) is 31.0 Å². The zero-order chi connectivity index (χ0) is 14.1. The average molecular weight is 267 g/mol. The van der Waals surface area contributed by atoms with Gasteiger partial charge in [0.05, 0.1) is 12.3 Å². The van der Waals surface area contributed by atoms with Crippen LogP contribution in [0.1, 0.15) is 44.0 Å². The van der Waals surface area contributed by atoms with E-state index in [1.165, 1.54) is 5.56 Å². The van der Waals surface area contributed by atoms with Crippen LogP contribution in [-0.2, 0) is 24.1 Å². The van der Waals surface area contributed by atoms with Crippen molar-refractivity contribution in [1.29, 1.82) is 0 Å². The normalized spacial score (nSPS) is 10.7. The largest absolute Gasteiger partial charge is 0.474 e. The molecule has 0 saturated heterocycles. The molecule has 1 aromatic heterocycles. The van der Waals surface area contributed by atoms with Gasteiger partial charge >= 0.3 is 0 Å². The highest BCUT2D eigenvalue weighted by atomic mass is 16.5. The molecule has 1 heterocycles. The van der Waals surface area contributed by atoms with Crippen molar-refractivity contribution < 1.29 is 9.47 Å². The van der Waals surface area contributed by atoms with Crippen LogP contribution in [0.3, 0.4) is 0 Å². The molecule has 0 fully saturated rings. The number of hydrogen-bond acceptors (Lipinski definition) is 5. The fourth-order valence-electron chi connectivity index (χ4n) is 2.00. The standard InChI is InChI=1S/C14H25N3O2/c1-4-7-18-8-9-19-14-12(10-15)11(5-2)13(6-3)16-17-14/h4-10,15H2,1-3H3. The van der Waals surface area contributed by atoms with Crippen LogP contribution in [0.25, 0.3) is 0 Å². The maximum absolute atomic E-state index is 5.82. The first-order chi connectivity index (χ1) is 9.28. The molecule has 0 radical (unpaired) electrons. The van der Waals surface area contributed by atoms with Crippen molar-refractivity contribution in [3.8, 4) is 5.88 Å². The van der Waals surface area contributed by atoms with Gasteiger partial charge in [-0.1, -0.05) is 20.8 Å². The summed E-state index contributed by atoms with van der Waals surface area (Å²) in [5, 5.41) is 8.36. The van der Waals surface area contributed by atoms with Gasteiger partial charge in [0, 0.05) is 18.7 Å². The number of rotatable bonds is 9. The van der Waals surface area contributed by atoms with Crippen LogP contribution in [0, 0.1) is 0 Å². The highest BCUT2D eigenvalue weighted by Gasteiger charge is 2.14. The van der Waals surface area contributed by atoms with Crippen LogP contribution >= 0.6 is 0 Å². The molecule has 2 N–H and O–H groups in total. The second-order valence-corrected chi connectivity index (χ2v) is 4.28. The van der Waals surface area contributed by atoms with Gasteiger partial charge in [-0.05, 0) is 24.8 Å². The van der Waals surface area contributed by atoms with Crippen LogP contribution < -0.4 is 10.5 Å². The summed E-state index contributed by atoms with van der Waals surface area (Å²) in [5.41, 5.74) is 8.98. The maximum Gasteiger partial charge on any atom is 0.238 e. The molecular weight excluding hydrogens is 242 g/mol. The van der Waals surface area contributed by atoms with Gasteiger partial charge in [-0.2, -0.15) is 5.10 Å². The molecule has 108 valence electrons. The van der Waals surface area contributed by atoms with E-state index in [1.807, 2.05) is 0 Å². The lowest BCUT2D eigenvalue weighted by Crippen LogP contribution is -2.14. The van der Waals surface area contributed by atoms with E-state index >= 15 is 0 Å². The molecule has 1 rings (SSSR count). The smallest absolute Gasteiger partial charge is 0.238 e. The van der Waals surface area contributed by atoms with Gasteiger partial charge in [0.15, 0.2) is 0 Å². The molecule has 0 aliphatic heterocycles. The van der Waals surface area contributed by atoms with Gasteiger partial charge in [-0.25, -0.2) is 0 Å². The van der Waals surface area contributed by atoms with Crippen LogP contribution in [0.15, 0.2) is 0 Å². The SMILES string of the molecule is CCCOCCOc1nnc(CC)c(CC)c1CN. The van der Waals surface area contributed by atoms with Crippen LogP contribution in [0.5, 0.6) is 5.88 Å². The molecule has 5 nitrogen and oxygen atoms in total. The number of nitrogens with two attached hydrogens (primary N) is 1. The number of hydrogen-bond donors (Lipinski definition) is 1. The molecule has 5 heteroatoms. The molecule has 0 aliphatic carbocycles. The Balaban J connectivity index is 2.72. The van der Waals surface area contributed by atoms with E-state index in [1.54, 1.807) is 0 Å². The topological polar surface area (TPSA) is 70.3 Å². The molecule has 0 unspecified atom stereocenters. The molecule has 1 aromatic rings. The van der Waals surface area contributed by atoms with E-state index in [4.69, 9.17) is 15.2 Å². The Bertz CT molecular complexity index is 383. The van der Waals surface area contributed by atoms with E-state index in [0.29, 0.717) is 25.6 Å². The fourth-order valence-corrected chi connectivity index (χ4v) is 2.00. The van der Waals surface area contributed by atoms with Crippen molar-refractivity contribution in [1.82, 2.24) is 10.2 Å². The first kappa shape index (κ1) is 15.9. The summed E-state index contributed by atoms with van der Waals surface area (Å²) < 4.78 is 11.0. The summed E-state index contributed by atoms with van der Waals surface area (Å²) in [7, 11) is 0. The summed E-state index contributed by atoms with van der Waals surface area (Å²) >= 11 is 0. The van der Waals surface area contributed by atoms with Crippen molar-refractivity contribution in [2.75, 3.05) is 19.8 Å². The lowest BCUT2D eigenvalue weighted by molar-refractivity contribution is 0.0982. The lowest BCUT2D eigenvalue weighted by atomic mass is 10.0. The Kier molecular flexibility index (Phi) is 7.36. The molecule has 19 heavy (non-hydrogen) atoms. The molecule has 0 aromatic carbocycles. The van der Waals surface area contributed by atoms with Gasteiger partial charge in [-0.15, -0.1) is 5.10 Å². The van der Waals surface area contributed by atoms with Crippen molar-refractivity contribution in [3.63, 3.8) is 0 Å². The second-order valence-electron chi connectivity index (χ2n) is 4.28. The van der Waals surface area contributed by atoms with E-state index in [0.717, 1.165) is 37.1 Å². The minimum atomic E-state index is 0.427. The van der Waals surface area contributed by atoms with E-state index in [9.17, 15) is 0 Å². The molecule has 0 spiro atoms. The quantitative estimate of drug-likeness (QED) is 0.692. The first-order valence-electron chi connectivity index (χ1n) is 7.06. The minimum Gasteiger partial charge on any atom is -0.474 e. The molecule has 0 bridgehead atoms. The summed E-state index contributed by atoms with van der Waals surface area (Å²) in [4.78, 5) is 0. The van der Waals surface area contributed by atoms with Crippen molar-refractivity contribution in [2.24, 2.45) is 5.73 Å². The lowest BCUT2D eigenvalue weighted by Gasteiger charge is -2.14. The van der Waals surface area contributed by atoms with Crippen LogP contribution in [0.2, 0.25) is 0 Å². The van der Waals surface area contributed by atoms with Crippen LogP contribution in [0.4, 0.5) is 0 Å². The van der Waals surface area contributed by atoms with Crippen molar-refractivity contribution in [3.05, 3.63) is 16.8 Å². The van der Waals surface area contributed by atoms with Gasteiger partial charge in [-0.3, -0.25) is 0 Å². The van der Waals surface area contributed by atoms with Crippen molar-refractivity contribution in [2.45, 2.75) is 46.6 Å².